The summed E-state index contributed by atoms with van der Waals surface area (Å²) in [5, 5.41) is 3.96. The number of rotatable bonds is 6. The van der Waals surface area contributed by atoms with Crippen LogP contribution < -0.4 is 5.32 Å². The van der Waals surface area contributed by atoms with Crippen molar-refractivity contribution in [2.45, 2.75) is 46.1 Å². The molecule has 2 rings (SSSR count). The van der Waals surface area contributed by atoms with Gasteiger partial charge in [0.2, 0.25) is 0 Å². The van der Waals surface area contributed by atoms with Crippen molar-refractivity contribution in [2.24, 2.45) is 5.92 Å². The molecular formula is C17H23NO2. The number of nitrogens with one attached hydrogen (secondary N) is 1. The third-order valence-electron chi connectivity index (χ3n) is 3.45. The van der Waals surface area contributed by atoms with Crippen LogP contribution in [0.25, 0.3) is 11.0 Å². The molecule has 0 radical (unpaired) electrons. The number of para-hydroxylation sites is 1. The molecule has 108 valence electrons. The van der Waals surface area contributed by atoms with Crippen LogP contribution in [0.1, 0.15) is 50.6 Å². The van der Waals surface area contributed by atoms with Crippen molar-refractivity contribution in [3.63, 3.8) is 0 Å². The zero-order chi connectivity index (χ0) is 14.5. The normalized spacial score (nSPS) is 12.8. The largest absolute Gasteiger partial charge is 0.451 e. The van der Waals surface area contributed by atoms with Crippen LogP contribution in [0, 0.1) is 5.92 Å². The van der Waals surface area contributed by atoms with Gasteiger partial charge in [0.25, 0.3) is 5.91 Å². The van der Waals surface area contributed by atoms with Crippen molar-refractivity contribution in [1.29, 1.82) is 0 Å². The molecule has 0 aliphatic rings. The van der Waals surface area contributed by atoms with Crippen LogP contribution in [0.15, 0.2) is 34.7 Å². The smallest absolute Gasteiger partial charge is 0.287 e. The first kappa shape index (κ1) is 14.6. The van der Waals surface area contributed by atoms with Crippen LogP contribution >= 0.6 is 0 Å². The summed E-state index contributed by atoms with van der Waals surface area (Å²) in [7, 11) is 0. The van der Waals surface area contributed by atoms with Gasteiger partial charge >= 0.3 is 0 Å². The second-order valence-corrected chi connectivity index (χ2v) is 5.85. The zero-order valence-electron chi connectivity index (χ0n) is 12.5. The van der Waals surface area contributed by atoms with E-state index in [1.807, 2.05) is 31.2 Å². The lowest BCUT2D eigenvalue weighted by Crippen LogP contribution is -2.32. The van der Waals surface area contributed by atoms with E-state index in [0.29, 0.717) is 11.7 Å². The first-order valence-electron chi connectivity index (χ1n) is 7.35. The molecule has 2 aromatic rings. The van der Waals surface area contributed by atoms with Gasteiger partial charge in [0.05, 0.1) is 0 Å². The van der Waals surface area contributed by atoms with Gasteiger partial charge in [0, 0.05) is 11.4 Å². The summed E-state index contributed by atoms with van der Waals surface area (Å²) in [5.74, 6) is 0.980. The molecule has 1 atom stereocenters. The van der Waals surface area contributed by atoms with E-state index in [1.165, 1.54) is 6.42 Å². The standard InChI is InChI=1S/C17H23NO2/c1-12(2)7-6-8-13(3)18-17(19)16-11-14-9-4-5-10-15(14)20-16/h4-5,9-13H,6-8H2,1-3H3,(H,18,19). The van der Waals surface area contributed by atoms with Gasteiger partial charge < -0.3 is 9.73 Å². The Morgan fingerprint density at radius 2 is 1.95 bits per heavy atom. The summed E-state index contributed by atoms with van der Waals surface area (Å²) in [5.41, 5.74) is 0.755. The first-order chi connectivity index (χ1) is 9.56. The Kier molecular flexibility index (Phi) is 4.83. The maximum absolute atomic E-state index is 12.1. The minimum Gasteiger partial charge on any atom is -0.451 e. The second kappa shape index (κ2) is 6.60. The van der Waals surface area contributed by atoms with E-state index in [0.717, 1.165) is 23.8 Å². The molecule has 1 unspecified atom stereocenters. The molecular weight excluding hydrogens is 250 g/mol. The average molecular weight is 273 g/mol. The number of fused-ring (bicyclic) bond motifs is 1. The Morgan fingerprint density at radius 1 is 1.20 bits per heavy atom. The number of benzene rings is 1. The molecule has 3 nitrogen and oxygen atoms in total. The van der Waals surface area contributed by atoms with E-state index in [1.54, 1.807) is 6.07 Å². The maximum atomic E-state index is 12.1. The molecule has 0 fully saturated rings. The fraction of sp³-hybridized carbons (Fsp3) is 0.471. The first-order valence-corrected chi connectivity index (χ1v) is 7.35. The molecule has 0 saturated heterocycles. The van der Waals surface area contributed by atoms with Gasteiger partial charge in [0.15, 0.2) is 5.76 Å². The van der Waals surface area contributed by atoms with E-state index < -0.39 is 0 Å². The average Bonchev–Trinajstić information content (AvgIpc) is 2.82. The van der Waals surface area contributed by atoms with Crippen LogP contribution in [0.4, 0.5) is 0 Å². The highest BCUT2D eigenvalue weighted by Crippen LogP contribution is 2.19. The number of hydrogen-bond acceptors (Lipinski definition) is 2. The highest BCUT2D eigenvalue weighted by atomic mass is 16.3. The predicted molar refractivity (Wildman–Crippen MR) is 81.8 cm³/mol. The van der Waals surface area contributed by atoms with E-state index in [4.69, 9.17) is 4.42 Å². The van der Waals surface area contributed by atoms with E-state index in [2.05, 4.69) is 19.2 Å². The van der Waals surface area contributed by atoms with Crippen molar-refractivity contribution in [2.75, 3.05) is 0 Å². The fourth-order valence-electron chi connectivity index (χ4n) is 2.29. The molecule has 1 N–H and O–H groups in total. The Labute approximate surface area is 120 Å². The fourth-order valence-corrected chi connectivity index (χ4v) is 2.29. The summed E-state index contributed by atoms with van der Waals surface area (Å²) in [4.78, 5) is 12.1. The SMILES string of the molecule is CC(C)CCCC(C)NC(=O)c1cc2ccccc2o1. The Morgan fingerprint density at radius 3 is 2.65 bits per heavy atom. The third kappa shape index (κ3) is 3.86. The minimum atomic E-state index is -0.127. The third-order valence-corrected chi connectivity index (χ3v) is 3.45. The van der Waals surface area contributed by atoms with Crippen molar-refractivity contribution in [1.82, 2.24) is 5.32 Å². The van der Waals surface area contributed by atoms with Crippen molar-refractivity contribution in [3.8, 4) is 0 Å². The Bertz CT molecular complexity index is 538. The van der Waals surface area contributed by atoms with Crippen LogP contribution in [0.5, 0.6) is 0 Å². The van der Waals surface area contributed by atoms with Crippen molar-refractivity contribution in [3.05, 3.63) is 36.1 Å². The van der Waals surface area contributed by atoms with Crippen molar-refractivity contribution >= 4 is 16.9 Å². The van der Waals surface area contributed by atoms with E-state index in [-0.39, 0.29) is 11.9 Å². The van der Waals surface area contributed by atoms with Gasteiger partial charge in [-0.3, -0.25) is 4.79 Å². The maximum Gasteiger partial charge on any atom is 0.287 e. The number of carbonyl (C=O) groups is 1. The Balaban J connectivity index is 1.90. The van der Waals surface area contributed by atoms with Crippen LogP contribution in [0.2, 0.25) is 0 Å². The monoisotopic (exact) mass is 273 g/mol. The molecule has 0 saturated carbocycles. The molecule has 1 amide bonds. The molecule has 3 heteroatoms. The van der Waals surface area contributed by atoms with Gasteiger partial charge in [-0.15, -0.1) is 0 Å². The quantitative estimate of drug-likeness (QED) is 0.848. The summed E-state index contributed by atoms with van der Waals surface area (Å²) >= 11 is 0. The predicted octanol–water partition coefficient (Wildman–Crippen LogP) is 4.38. The lowest BCUT2D eigenvalue weighted by molar-refractivity contribution is 0.0912. The Hall–Kier alpha value is -1.77. The number of amides is 1. The van der Waals surface area contributed by atoms with Gasteiger partial charge in [-0.2, -0.15) is 0 Å². The number of carbonyl (C=O) groups excluding carboxylic acids is 1. The van der Waals surface area contributed by atoms with Gasteiger partial charge in [-0.05, 0) is 31.4 Å². The number of hydrogen-bond donors (Lipinski definition) is 1. The molecule has 0 aliphatic heterocycles. The zero-order valence-corrected chi connectivity index (χ0v) is 12.5. The lowest BCUT2D eigenvalue weighted by Gasteiger charge is -2.13. The summed E-state index contributed by atoms with van der Waals surface area (Å²) in [6, 6.07) is 9.64. The van der Waals surface area contributed by atoms with Crippen LogP contribution in [-0.4, -0.2) is 11.9 Å². The minimum absolute atomic E-state index is 0.127. The van der Waals surface area contributed by atoms with E-state index >= 15 is 0 Å². The highest BCUT2D eigenvalue weighted by molar-refractivity contribution is 5.96. The van der Waals surface area contributed by atoms with Crippen molar-refractivity contribution < 1.29 is 9.21 Å². The topological polar surface area (TPSA) is 42.2 Å². The van der Waals surface area contributed by atoms with Gasteiger partial charge in [-0.1, -0.05) is 44.9 Å². The molecule has 1 aromatic heterocycles. The number of furan rings is 1. The summed E-state index contributed by atoms with van der Waals surface area (Å²) in [6.07, 6.45) is 3.34. The van der Waals surface area contributed by atoms with Gasteiger partial charge in [-0.25, -0.2) is 0 Å². The molecule has 0 spiro atoms. The molecule has 1 heterocycles. The molecule has 0 aliphatic carbocycles. The summed E-state index contributed by atoms with van der Waals surface area (Å²) in [6.45, 7) is 6.48. The molecule has 0 bridgehead atoms. The van der Waals surface area contributed by atoms with E-state index in [9.17, 15) is 4.79 Å². The highest BCUT2D eigenvalue weighted by Gasteiger charge is 2.14. The van der Waals surface area contributed by atoms with Crippen LogP contribution in [0.3, 0.4) is 0 Å². The molecule has 1 aromatic carbocycles. The summed E-state index contributed by atoms with van der Waals surface area (Å²) < 4.78 is 5.56. The van der Waals surface area contributed by atoms with Gasteiger partial charge in [0.1, 0.15) is 5.58 Å². The lowest BCUT2D eigenvalue weighted by atomic mass is 10.0. The second-order valence-electron chi connectivity index (χ2n) is 5.85. The van der Waals surface area contributed by atoms with Crippen LogP contribution in [-0.2, 0) is 0 Å². The molecule has 20 heavy (non-hydrogen) atoms.